The van der Waals surface area contributed by atoms with E-state index in [1.807, 2.05) is 50.4 Å². The summed E-state index contributed by atoms with van der Waals surface area (Å²) in [6.07, 6.45) is 4.16. The number of amides is 1. The van der Waals surface area contributed by atoms with Gasteiger partial charge >= 0.3 is 0 Å². The first-order valence-electron chi connectivity index (χ1n) is 9.03. The normalized spacial score (nSPS) is 17.5. The first kappa shape index (κ1) is 19.4. The maximum atomic E-state index is 12.4. The van der Waals surface area contributed by atoms with Crippen molar-refractivity contribution in [1.29, 1.82) is 5.26 Å². The van der Waals surface area contributed by atoms with Gasteiger partial charge in [-0.25, -0.2) is 5.01 Å². The summed E-state index contributed by atoms with van der Waals surface area (Å²) in [5, 5.41) is 20.3. The van der Waals surface area contributed by atoms with Crippen molar-refractivity contribution in [2.24, 2.45) is 16.0 Å². The quantitative estimate of drug-likeness (QED) is 0.258. The second kappa shape index (κ2) is 10.2. The van der Waals surface area contributed by atoms with Crippen LogP contribution >= 0.6 is 0 Å². The lowest BCUT2D eigenvalue weighted by Crippen LogP contribution is -2.38. The van der Waals surface area contributed by atoms with E-state index < -0.39 is 0 Å². The number of nitrogens with zero attached hydrogens (tertiary/aromatic N) is 4. The predicted octanol–water partition coefficient (Wildman–Crippen LogP) is 2.08. The Kier molecular flexibility index (Phi) is 7.62. The minimum Gasteiger partial charge on any atom is -0.356 e. The highest BCUT2D eigenvalue weighted by molar-refractivity contribution is 6.04. The summed E-state index contributed by atoms with van der Waals surface area (Å²) in [6.45, 7) is 5.76. The van der Waals surface area contributed by atoms with Crippen LogP contribution in [-0.4, -0.2) is 42.2 Å². The van der Waals surface area contributed by atoms with E-state index in [-0.39, 0.29) is 11.8 Å². The molecule has 1 aromatic carbocycles. The van der Waals surface area contributed by atoms with Gasteiger partial charge in [-0.1, -0.05) is 37.3 Å². The second-order valence-electron chi connectivity index (χ2n) is 6.18. The summed E-state index contributed by atoms with van der Waals surface area (Å²) < 4.78 is 0. The predicted molar refractivity (Wildman–Crippen MR) is 102 cm³/mol. The van der Waals surface area contributed by atoms with E-state index in [0.29, 0.717) is 32.0 Å². The van der Waals surface area contributed by atoms with Crippen molar-refractivity contribution in [1.82, 2.24) is 15.6 Å². The molecule has 0 radical (unpaired) electrons. The summed E-state index contributed by atoms with van der Waals surface area (Å²) in [6, 6.07) is 10.00. The molecular formula is C19H26N6O. The number of nitriles is 1. The SMILES string of the molecule is CCNC(=NCCCCN1N=C(c2ccccc2)CC(C)C1=O)NC#N. The third-order valence-corrected chi connectivity index (χ3v) is 4.09. The fourth-order valence-corrected chi connectivity index (χ4v) is 2.76. The summed E-state index contributed by atoms with van der Waals surface area (Å²) in [5.74, 6) is 0.510. The molecular weight excluding hydrogens is 328 g/mol. The average Bonchev–Trinajstić information content (AvgIpc) is 2.65. The van der Waals surface area contributed by atoms with Crippen molar-refractivity contribution < 1.29 is 4.79 Å². The molecule has 1 aliphatic rings. The molecule has 1 aliphatic heterocycles. The van der Waals surface area contributed by atoms with Gasteiger partial charge in [-0.3, -0.25) is 15.1 Å². The number of hydrazone groups is 1. The van der Waals surface area contributed by atoms with Crippen molar-refractivity contribution in [3.63, 3.8) is 0 Å². The minimum atomic E-state index is -0.0547. The highest BCUT2D eigenvalue weighted by Gasteiger charge is 2.27. The van der Waals surface area contributed by atoms with Crippen LogP contribution in [0.4, 0.5) is 0 Å². The van der Waals surface area contributed by atoms with Gasteiger partial charge in [0.1, 0.15) is 0 Å². The maximum absolute atomic E-state index is 12.4. The molecule has 0 aliphatic carbocycles. The van der Waals surface area contributed by atoms with Crippen molar-refractivity contribution in [2.75, 3.05) is 19.6 Å². The van der Waals surface area contributed by atoms with E-state index in [0.717, 1.165) is 24.1 Å². The Hall–Kier alpha value is -2.88. The zero-order valence-corrected chi connectivity index (χ0v) is 15.4. The maximum Gasteiger partial charge on any atom is 0.245 e. The largest absolute Gasteiger partial charge is 0.356 e. The highest BCUT2D eigenvalue weighted by atomic mass is 16.2. The van der Waals surface area contributed by atoms with E-state index >= 15 is 0 Å². The van der Waals surface area contributed by atoms with Crippen LogP contribution in [0.1, 0.15) is 38.7 Å². The van der Waals surface area contributed by atoms with Crippen molar-refractivity contribution >= 4 is 17.6 Å². The van der Waals surface area contributed by atoms with Crippen LogP contribution in [-0.2, 0) is 4.79 Å². The standard InChI is InChI=1S/C19H26N6O/c1-3-21-19(23-14-20)22-11-7-8-12-25-18(26)15(2)13-17(24-25)16-9-5-4-6-10-16/h4-6,9-10,15H,3,7-8,11-13H2,1-2H3,(H2,21,22,23). The van der Waals surface area contributed by atoms with Gasteiger partial charge in [0.25, 0.3) is 0 Å². The zero-order chi connectivity index (χ0) is 18.8. The number of guanidine groups is 1. The number of rotatable bonds is 7. The Morgan fingerprint density at radius 1 is 1.38 bits per heavy atom. The Bertz CT molecular complexity index is 692. The van der Waals surface area contributed by atoms with Gasteiger partial charge < -0.3 is 5.32 Å². The lowest BCUT2D eigenvalue weighted by Gasteiger charge is -2.27. The van der Waals surface area contributed by atoms with E-state index in [9.17, 15) is 4.79 Å². The van der Waals surface area contributed by atoms with Crippen LogP contribution in [0.3, 0.4) is 0 Å². The summed E-state index contributed by atoms with van der Waals surface area (Å²) in [5.41, 5.74) is 2.03. The number of hydrogen-bond acceptors (Lipinski definition) is 4. The topological polar surface area (TPSA) is 92.9 Å². The van der Waals surface area contributed by atoms with Crippen LogP contribution in [0, 0.1) is 17.4 Å². The second-order valence-corrected chi connectivity index (χ2v) is 6.18. The average molecular weight is 354 g/mol. The molecule has 26 heavy (non-hydrogen) atoms. The van der Waals surface area contributed by atoms with Gasteiger partial charge in [0.2, 0.25) is 11.9 Å². The molecule has 0 spiro atoms. The van der Waals surface area contributed by atoms with Gasteiger partial charge in [0.15, 0.2) is 6.19 Å². The summed E-state index contributed by atoms with van der Waals surface area (Å²) >= 11 is 0. The fourth-order valence-electron chi connectivity index (χ4n) is 2.76. The lowest BCUT2D eigenvalue weighted by molar-refractivity contribution is -0.135. The molecule has 1 heterocycles. The number of unbranched alkanes of at least 4 members (excludes halogenated alkanes) is 1. The molecule has 1 aromatic rings. The number of carbonyl (C=O) groups excluding carboxylic acids is 1. The van der Waals surface area contributed by atoms with E-state index in [1.165, 1.54) is 0 Å². The van der Waals surface area contributed by atoms with Crippen molar-refractivity contribution in [3.8, 4) is 6.19 Å². The van der Waals surface area contributed by atoms with E-state index in [2.05, 4.69) is 20.7 Å². The molecule has 0 bridgehead atoms. The lowest BCUT2D eigenvalue weighted by atomic mass is 9.96. The summed E-state index contributed by atoms with van der Waals surface area (Å²) in [7, 11) is 0. The van der Waals surface area contributed by atoms with Crippen LogP contribution in [0.5, 0.6) is 0 Å². The Morgan fingerprint density at radius 3 is 2.85 bits per heavy atom. The summed E-state index contributed by atoms with van der Waals surface area (Å²) in [4.78, 5) is 16.7. The third-order valence-electron chi connectivity index (χ3n) is 4.09. The molecule has 1 unspecified atom stereocenters. The Balaban J connectivity index is 1.90. The third kappa shape index (κ3) is 5.59. The van der Waals surface area contributed by atoms with Gasteiger partial charge in [-0.2, -0.15) is 10.4 Å². The molecule has 0 saturated carbocycles. The van der Waals surface area contributed by atoms with Gasteiger partial charge in [-0.05, 0) is 25.3 Å². The smallest absolute Gasteiger partial charge is 0.245 e. The fraction of sp³-hybridized carbons (Fsp3) is 0.474. The molecule has 2 rings (SSSR count). The number of carbonyl (C=O) groups is 1. The minimum absolute atomic E-state index is 0.0547. The van der Waals surface area contributed by atoms with Crippen molar-refractivity contribution in [3.05, 3.63) is 35.9 Å². The molecule has 138 valence electrons. The van der Waals surface area contributed by atoms with Crippen LogP contribution in [0.2, 0.25) is 0 Å². The van der Waals surface area contributed by atoms with Crippen molar-refractivity contribution in [2.45, 2.75) is 33.1 Å². The molecule has 0 aromatic heterocycles. The molecule has 1 amide bonds. The molecule has 0 saturated heterocycles. The van der Waals surface area contributed by atoms with Gasteiger partial charge in [0.05, 0.1) is 5.71 Å². The molecule has 1 atom stereocenters. The number of benzene rings is 1. The van der Waals surface area contributed by atoms with Crippen LogP contribution in [0.25, 0.3) is 0 Å². The van der Waals surface area contributed by atoms with Crippen LogP contribution < -0.4 is 10.6 Å². The Labute approximate surface area is 154 Å². The first-order chi connectivity index (χ1) is 12.7. The molecule has 2 N–H and O–H groups in total. The highest BCUT2D eigenvalue weighted by Crippen LogP contribution is 2.20. The molecule has 0 fully saturated rings. The number of nitrogens with one attached hydrogen (secondary N) is 2. The number of hydrogen-bond donors (Lipinski definition) is 2. The molecule has 7 nitrogen and oxygen atoms in total. The van der Waals surface area contributed by atoms with Gasteiger partial charge in [0, 0.05) is 32.0 Å². The molecule has 7 heteroatoms. The monoisotopic (exact) mass is 354 g/mol. The van der Waals surface area contributed by atoms with E-state index in [4.69, 9.17) is 5.26 Å². The number of aliphatic imine (C=N–C) groups is 1. The van der Waals surface area contributed by atoms with Crippen LogP contribution in [0.15, 0.2) is 40.4 Å². The Morgan fingerprint density at radius 2 is 2.15 bits per heavy atom. The van der Waals surface area contributed by atoms with Gasteiger partial charge in [-0.15, -0.1) is 0 Å². The zero-order valence-electron chi connectivity index (χ0n) is 15.4. The first-order valence-corrected chi connectivity index (χ1v) is 9.03. The van der Waals surface area contributed by atoms with E-state index in [1.54, 1.807) is 5.01 Å².